The van der Waals surface area contributed by atoms with E-state index in [0.717, 1.165) is 16.9 Å². The SMILES string of the molecule is CCc1ccccc1NC(=O)CN1C(=O)N/C(=C/c2cc3c(cc2OC)OCO3)C1=O. The molecule has 2 aliphatic heterocycles. The first-order valence-electron chi connectivity index (χ1n) is 9.70. The molecule has 1 fully saturated rings. The average molecular weight is 423 g/mol. The molecule has 4 rings (SSSR count). The number of para-hydroxylation sites is 1. The number of urea groups is 1. The van der Waals surface area contributed by atoms with Crippen molar-refractivity contribution >= 4 is 29.6 Å². The number of methoxy groups -OCH3 is 1. The molecular formula is C22H21N3O6. The second-order valence-electron chi connectivity index (χ2n) is 6.89. The summed E-state index contributed by atoms with van der Waals surface area (Å²) in [6, 6.07) is 10.0. The number of carbonyl (C=O) groups is 3. The van der Waals surface area contributed by atoms with Gasteiger partial charge in [0.05, 0.1) is 7.11 Å². The van der Waals surface area contributed by atoms with E-state index in [1.54, 1.807) is 18.2 Å². The number of aryl methyl sites for hydroxylation is 1. The third kappa shape index (κ3) is 4.02. The summed E-state index contributed by atoms with van der Waals surface area (Å²) < 4.78 is 16.0. The molecule has 4 amide bonds. The van der Waals surface area contributed by atoms with Crippen molar-refractivity contribution in [1.82, 2.24) is 10.2 Å². The lowest BCUT2D eigenvalue weighted by Crippen LogP contribution is -2.38. The number of nitrogens with zero attached hydrogens (tertiary/aromatic N) is 1. The van der Waals surface area contributed by atoms with Gasteiger partial charge in [-0.3, -0.25) is 9.59 Å². The van der Waals surface area contributed by atoms with Gasteiger partial charge in [-0.25, -0.2) is 9.69 Å². The minimum absolute atomic E-state index is 0.0314. The fourth-order valence-electron chi connectivity index (χ4n) is 3.38. The molecule has 0 radical (unpaired) electrons. The summed E-state index contributed by atoms with van der Waals surface area (Å²) in [4.78, 5) is 38.4. The zero-order valence-corrected chi connectivity index (χ0v) is 17.1. The van der Waals surface area contributed by atoms with Gasteiger partial charge in [0, 0.05) is 17.3 Å². The van der Waals surface area contributed by atoms with Crippen LogP contribution in [0.3, 0.4) is 0 Å². The van der Waals surface area contributed by atoms with Crippen LogP contribution >= 0.6 is 0 Å². The minimum Gasteiger partial charge on any atom is -0.496 e. The van der Waals surface area contributed by atoms with Crippen LogP contribution in [-0.4, -0.2) is 43.2 Å². The van der Waals surface area contributed by atoms with E-state index in [4.69, 9.17) is 14.2 Å². The van der Waals surface area contributed by atoms with Crippen LogP contribution in [0.25, 0.3) is 6.08 Å². The van der Waals surface area contributed by atoms with Crippen molar-refractivity contribution in [2.45, 2.75) is 13.3 Å². The number of imide groups is 1. The molecule has 0 unspecified atom stereocenters. The number of fused-ring (bicyclic) bond motifs is 1. The molecule has 160 valence electrons. The molecule has 0 saturated carbocycles. The summed E-state index contributed by atoms with van der Waals surface area (Å²) in [6.07, 6.45) is 2.22. The Balaban J connectivity index is 1.51. The number of hydrogen-bond donors (Lipinski definition) is 2. The highest BCUT2D eigenvalue weighted by molar-refractivity contribution is 6.16. The number of benzene rings is 2. The number of carbonyl (C=O) groups excluding carboxylic acids is 3. The van der Waals surface area contributed by atoms with E-state index in [1.165, 1.54) is 13.2 Å². The summed E-state index contributed by atoms with van der Waals surface area (Å²) in [5, 5.41) is 5.26. The number of nitrogens with one attached hydrogen (secondary N) is 2. The summed E-state index contributed by atoms with van der Waals surface area (Å²) in [6.45, 7) is 1.67. The Morgan fingerprint density at radius 3 is 2.71 bits per heavy atom. The van der Waals surface area contributed by atoms with Crippen LogP contribution < -0.4 is 24.8 Å². The van der Waals surface area contributed by atoms with Crippen LogP contribution in [0, 0.1) is 0 Å². The van der Waals surface area contributed by atoms with E-state index in [9.17, 15) is 14.4 Å². The molecule has 9 nitrogen and oxygen atoms in total. The Hall–Kier alpha value is -4.01. The van der Waals surface area contributed by atoms with Gasteiger partial charge in [0.2, 0.25) is 12.7 Å². The van der Waals surface area contributed by atoms with Crippen molar-refractivity contribution in [1.29, 1.82) is 0 Å². The monoisotopic (exact) mass is 423 g/mol. The van der Waals surface area contributed by atoms with E-state index in [1.807, 2.05) is 25.1 Å². The van der Waals surface area contributed by atoms with Gasteiger partial charge in [-0.2, -0.15) is 0 Å². The van der Waals surface area contributed by atoms with E-state index in [2.05, 4.69) is 10.6 Å². The molecule has 0 spiro atoms. The predicted octanol–water partition coefficient (Wildman–Crippen LogP) is 2.52. The Kier molecular flexibility index (Phi) is 5.48. The summed E-state index contributed by atoms with van der Waals surface area (Å²) in [5.74, 6) is 0.419. The van der Waals surface area contributed by atoms with Crippen molar-refractivity contribution in [3.05, 3.63) is 53.2 Å². The smallest absolute Gasteiger partial charge is 0.329 e. The highest BCUT2D eigenvalue weighted by Gasteiger charge is 2.35. The summed E-state index contributed by atoms with van der Waals surface area (Å²) in [7, 11) is 1.49. The van der Waals surface area contributed by atoms with E-state index >= 15 is 0 Å². The largest absolute Gasteiger partial charge is 0.496 e. The quantitative estimate of drug-likeness (QED) is 0.546. The molecule has 2 aliphatic rings. The van der Waals surface area contributed by atoms with Crippen molar-refractivity contribution in [3.63, 3.8) is 0 Å². The van der Waals surface area contributed by atoms with Crippen molar-refractivity contribution in [2.24, 2.45) is 0 Å². The Bertz CT molecular complexity index is 1090. The topological polar surface area (TPSA) is 106 Å². The first-order chi connectivity index (χ1) is 15.0. The molecule has 0 bridgehead atoms. The zero-order chi connectivity index (χ0) is 22.0. The fourth-order valence-corrected chi connectivity index (χ4v) is 3.38. The third-order valence-electron chi connectivity index (χ3n) is 4.96. The van der Waals surface area contributed by atoms with Crippen LogP contribution in [0.4, 0.5) is 10.5 Å². The molecule has 2 aromatic rings. The van der Waals surface area contributed by atoms with Crippen LogP contribution in [0.15, 0.2) is 42.1 Å². The number of amides is 4. The molecule has 1 saturated heterocycles. The lowest BCUT2D eigenvalue weighted by Gasteiger charge is -2.13. The van der Waals surface area contributed by atoms with Gasteiger partial charge in [-0.1, -0.05) is 25.1 Å². The molecule has 2 aromatic carbocycles. The molecule has 9 heteroatoms. The van der Waals surface area contributed by atoms with Crippen molar-refractivity contribution in [3.8, 4) is 17.2 Å². The van der Waals surface area contributed by atoms with Gasteiger partial charge in [0.25, 0.3) is 5.91 Å². The Morgan fingerprint density at radius 1 is 1.23 bits per heavy atom. The average Bonchev–Trinajstić information content (AvgIpc) is 3.32. The molecule has 0 aromatic heterocycles. The van der Waals surface area contributed by atoms with Crippen molar-refractivity contribution in [2.75, 3.05) is 25.8 Å². The number of anilines is 1. The molecular weight excluding hydrogens is 402 g/mol. The highest BCUT2D eigenvalue weighted by atomic mass is 16.7. The lowest BCUT2D eigenvalue weighted by molar-refractivity contribution is -0.127. The normalized spacial score (nSPS) is 15.9. The van der Waals surface area contributed by atoms with E-state index in [0.29, 0.717) is 28.5 Å². The van der Waals surface area contributed by atoms with E-state index in [-0.39, 0.29) is 12.5 Å². The van der Waals surface area contributed by atoms with Crippen LogP contribution in [0.1, 0.15) is 18.1 Å². The van der Waals surface area contributed by atoms with Gasteiger partial charge < -0.3 is 24.8 Å². The minimum atomic E-state index is -0.671. The number of ether oxygens (including phenoxy) is 3. The van der Waals surface area contributed by atoms with Crippen LogP contribution in [0.5, 0.6) is 17.2 Å². The summed E-state index contributed by atoms with van der Waals surface area (Å²) in [5.41, 5.74) is 2.17. The predicted molar refractivity (Wildman–Crippen MR) is 112 cm³/mol. The number of rotatable bonds is 6. The molecule has 2 heterocycles. The maximum absolute atomic E-state index is 12.8. The van der Waals surface area contributed by atoms with Gasteiger partial charge >= 0.3 is 6.03 Å². The molecule has 0 atom stereocenters. The van der Waals surface area contributed by atoms with Crippen LogP contribution in [-0.2, 0) is 16.0 Å². The highest BCUT2D eigenvalue weighted by Crippen LogP contribution is 2.39. The lowest BCUT2D eigenvalue weighted by atomic mass is 10.1. The Morgan fingerprint density at radius 2 is 1.97 bits per heavy atom. The molecule has 2 N–H and O–H groups in total. The maximum atomic E-state index is 12.8. The zero-order valence-electron chi connectivity index (χ0n) is 17.1. The third-order valence-corrected chi connectivity index (χ3v) is 4.96. The Labute approximate surface area is 178 Å². The standard InChI is InChI=1S/C22H21N3O6/c1-3-13-6-4-5-7-15(13)23-20(26)11-25-21(27)16(24-22(25)28)8-14-9-18-19(31-12-30-18)10-17(14)29-2/h4-10H,3,11-12H2,1-2H3,(H,23,26)(H,24,28)/b16-8+. The summed E-state index contributed by atoms with van der Waals surface area (Å²) >= 11 is 0. The van der Waals surface area contributed by atoms with E-state index < -0.39 is 24.4 Å². The number of hydrogen-bond acceptors (Lipinski definition) is 6. The fraction of sp³-hybridized carbons (Fsp3) is 0.227. The second-order valence-corrected chi connectivity index (χ2v) is 6.89. The van der Waals surface area contributed by atoms with Gasteiger partial charge in [0.15, 0.2) is 11.5 Å². The first kappa shape index (κ1) is 20.3. The van der Waals surface area contributed by atoms with Gasteiger partial charge in [0.1, 0.15) is 18.0 Å². The van der Waals surface area contributed by atoms with Gasteiger partial charge in [-0.15, -0.1) is 0 Å². The first-order valence-corrected chi connectivity index (χ1v) is 9.70. The molecule has 31 heavy (non-hydrogen) atoms. The van der Waals surface area contributed by atoms with Crippen molar-refractivity contribution < 1.29 is 28.6 Å². The molecule has 0 aliphatic carbocycles. The van der Waals surface area contributed by atoms with Gasteiger partial charge in [-0.05, 0) is 30.2 Å². The van der Waals surface area contributed by atoms with Crippen LogP contribution in [0.2, 0.25) is 0 Å². The second kappa shape index (κ2) is 8.39. The maximum Gasteiger partial charge on any atom is 0.329 e.